The van der Waals surface area contributed by atoms with Gasteiger partial charge in [0.05, 0.1) is 11.4 Å². The highest BCUT2D eigenvalue weighted by atomic mass is 32.2. The number of rotatable bonds is 6. The average molecular weight is 298 g/mol. The van der Waals surface area contributed by atoms with Gasteiger partial charge >= 0.3 is 5.97 Å². The van der Waals surface area contributed by atoms with E-state index >= 15 is 0 Å². The highest BCUT2D eigenvalue weighted by Crippen LogP contribution is 2.24. The van der Waals surface area contributed by atoms with Crippen LogP contribution in [0.25, 0.3) is 0 Å². The lowest BCUT2D eigenvalue weighted by molar-refractivity contribution is -0.137. The van der Waals surface area contributed by atoms with Crippen LogP contribution in [0.5, 0.6) is 0 Å². The molecule has 0 spiro atoms. The summed E-state index contributed by atoms with van der Waals surface area (Å²) < 4.78 is 26.4. The van der Waals surface area contributed by atoms with Gasteiger partial charge in [-0.3, -0.25) is 9.52 Å². The molecule has 0 bridgehead atoms. The Bertz CT molecular complexity index is 598. The largest absolute Gasteiger partial charge is 0.481 e. The number of carbonyl (C=O) groups is 1. The van der Waals surface area contributed by atoms with Gasteiger partial charge in [0, 0.05) is 13.0 Å². The van der Waals surface area contributed by atoms with Crippen LogP contribution < -0.4 is 10.0 Å². The first-order valence-electron chi connectivity index (χ1n) is 6.52. The second kappa shape index (κ2) is 6.23. The molecule has 1 aromatic carbocycles. The van der Waals surface area contributed by atoms with E-state index < -0.39 is 16.0 Å². The fraction of sp³-hybridized carbons (Fsp3) is 0.462. The van der Waals surface area contributed by atoms with Crippen LogP contribution in [-0.4, -0.2) is 31.8 Å². The van der Waals surface area contributed by atoms with E-state index in [1.165, 1.54) is 0 Å². The summed E-state index contributed by atoms with van der Waals surface area (Å²) in [4.78, 5) is 10.4. The smallest absolute Gasteiger partial charge is 0.303 e. The van der Waals surface area contributed by atoms with Gasteiger partial charge in [-0.1, -0.05) is 12.1 Å². The topological polar surface area (TPSA) is 95.5 Å². The van der Waals surface area contributed by atoms with Gasteiger partial charge in [0.1, 0.15) is 0 Å². The molecule has 0 saturated carbocycles. The van der Waals surface area contributed by atoms with Crippen LogP contribution >= 0.6 is 0 Å². The summed E-state index contributed by atoms with van der Waals surface area (Å²) in [5, 5.41) is 11.7. The molecule has 110 valence electrons. The third kappa shape index (κ3) is 3.94. The Morgan fingerprint density at radius 1 is 1.40 bits per heavy atom. The number of carboxylic acids is 1. The van der Waals surface area contributed by atoms with E-state index in [1.54, 1.807) is 6.07 Å². The third-order valence-electron chi connectivity index (χ3n) is 3.22. The Hall–Kier alpha value is -1.60. The summed E-state index contributed by atoms with van der Waals surface area (Å²) in [6.45, 7) is 1.53. The highest BCUT2D eigenvalue weighted by Gasteiger charge is 2.17. The second-order valence-electron chi connectivity index (χ2n) is 4.79. The van der Waals surface area contributed by atoms with Crippen LogP contribution in [0.2, 0.25) is 0 Å². The number of benzene rings is 1. The maximum absolute atomic E-state index is 11.9. The Morgan fingerprint density at radius 3 is 2.95 bits per heavy atom. The van der Waals surface area contributed by atoms with Crippen LogP contribution in [0, 0.1) is 0 Å². The van der Waals surface area contributed by atoms with Crippen LogP contribution in [0.3, 0.4) is 0 Å². The molecule has 0 atom stereocenters. The molecule has 3 N–H and O–H groups in total. The number of nitrogens with one attached hydrogen (secondary N) is 2. The Kier molecular flexibility index (Phi) is 4.61. The van der Waals surface area contributed by atoms with Crippen LogP contribution in [0.4, 0.5) is 5.69 Å². The van der Waals surface area contributed by atoms with Crippen molar-refractivity contribution in [2.24, 2.45) is 0 Å². The van der Waals surface area contributed by atoms with Crippen molar-refractivity contribution >= 4 is 21.7 Å². The van der Waals surface area contributed by atoms with E-state index in [-0.39, 0.29) is 18.6 Å². The third-order valence-corrected chi connectivity index (χ3v) is 4.57. The minimum Gasteiger partial charge on any atom is -0.481 e. The standard InChI is InChI=1S/C13H18N2O4S/c16-13(17)5-2-8-20(18,19)15-12-4-1-3-10-6-7-14-9-11(10)12/h1,3-4,14-15H,2,5-9H2,(H,16,17). The molecule has 0 unspecified atom stereocenters. The predicted molar refractivity (Wildman–Crippen MR) is 76.1 cm³/mol. The predicted octanol–water partition coefficient (Wildman–Crippen LogP) is 0.939. The summed E-state index contributed by atoms with van der Waals surface area (Å²) in [6, 6.07) is 5.57. The minimum absolute atomic E-state index is 0.109. The van der Waals surface area contributed by atoms with Gasteiger partial charge in [-0.05, 0) is 36.6 Å². The van der Waals surface area contributed by atoms with Gasteiger partial charge in [0.25, 0.3) is 0 Å². The van der Waals surface area contributed by atoms with Crippen molar-refractivity contribution in [3.05, 3.63) is 29.3 Å². The summed E-state index contributed by atoms with van der Waals surface area (Å²) in [5.41, 5.74) is 2.71. The molecule has 1 heterocycles. The summed E-state index contributed by atoms with van der Waals surface area (Å²) >= 11 is 0. The maximum Gasteiger partial charge on any atom is 0.303 e. The van der Waals surface area contributed by atoms with Gasteiger partial charge < -0.3 is 10.4 Å². The second-order valence-corrected chi connectivity index (χ2v) is 6.63. The van der Waals surface area contributed by atoms with E-state index in [0.29, 0.717) is 12.2 Å². The van der Waals surface area contributed by atoms with Crippen molar-refractivity contribution < 1.29 is 18.3 Å². The van der Waals surface area contributed by atoms with Gasteiger partial charge in [0.2, 0.25) is 10.0 Å². The van der Waals surface area contributed by atoms with E-state index in [4.69, 9.17) is 5.11 Å². The number of hydrogen-bond donors (Lipinski definition) is 3. The first-order valence-corrected chi connectivity index (χ1v) is 8.17. The molecule has 0 fully saturated rings. The van der Waals surface area contributed by atoms with Crippen molar-refractivity contribution in [2.75, 3.05) is 17.0 Å². The average Bonchev–Trinajstić information content (AvgIpc) is 2.38. The Morgan fingerprint density at radius 2 is 2.20 bits per heavy atom. The van der Waals surface area contributed by atoms with Gasteiger partial charge in [-0.25, -0.2) is 8.42 Å². The molecule has 7 heteroatoms. The zero-order valence-corrected chi connectivity index (χ0v) is 11.9. The van der Waals surface area contributed by atoms with E-state index in [0.717, 1.165) is 24.1 Å². The molecule has 20 heavy (non-hydrogen) atoms. The minimum atomic E-state index is -3.50. The van der Waals surface area contributed by atoms with Crippen molar-refractivity contribution in [3.8, 4) is 0 Å². The molecule has 0 saturated heterocycles. The zero-order valence-electron chi connectivity index (χ0n) is 11.1. The monoisotopic (exact) mass is 298 g/mol. The lowest BCUT2D eigenvalue weighted by Crippen LogP contribution is -2.26. The Balaban J connectivity index is 2.07. The van der Waals surface area contributed by atoms with Crippen molar-refractivity contribution in [3.63, 3.8) is 0 Å². The summed E-state index contributed by atoms with van der Waals surface area (Å²) in [7, 11) is -3.50. The summed E-state index contributed by atoms with van der Waals surface area (Å²) in [6.07, 6.45) is 0.844. The van der Waals surface area contributed by atoms with Crippen molar-refractivity contribution in [1.29, 1.82) is 0 Å². The molecule has 2 rings (SSSR count). The van der Waals surface area contributed by atoms with E-state index in [1.807, 2.05) is 12.1 Å². The molecule has 1 aliphatic heterocycles. The molecular weight excluding hydrogens is 280 g/mol. The number of anilines is 1. The van der Waals surface area contributed by atoms with Crippen molar-refractivity contribution in [2.45, 2.75) is 25.8 Å². The first kappa shape index (κ1) is 14.8. The molecule has 1 aromatic rings. The fourth-order valence-corrected chi connectivity index (χ4v) is 3.39. The Labute approximate surface area is 118 Å². The molecular formula is C13H18N2O4S. The number of carboxylic acid groups (broad SMARTS) is 1. The van der Waals surface area contributed by atoms with E-state index in [2.05, 4.69) is 10.0 Å². The maximum atomic E-state index is 11.9. The lowest BCUT2D eigenvalue weighted by Gasteiger charge is -2.21. The van der Waals surface area contributed by atoms with Gasteiger partial charge in [0.15, 0.2) is 0 Å². The van der Waals surface area contributed by atoms with Gasteiger partial charge in [-0.2, -0.15) is 0 Å². The van der Waals surface area contributed by atoms with Crippen LogP contribution in [-0.2, 0) is 27.8 Å². The van der Waals surface area contributed by atoms with E-state index in [9.17, 15) is 13.2 Å². The number of aliphatic carboxylic acids is 1. The lowest BCUT2D eigenvalue weighted by atomic mass is 10.00. The highest BCUT2D eigenvalue weighted by molar-refractivity contribution is 7.92. The van der Waals surface area contributed by atoms with Crippen LogP contribution in [0.15, 0.2) is 18.2 Å². The molecule has 0 aliphatic carbocycles. The molecule has 1 aliphatic rings. The normalized spacial score (nSPS) is 14.6. The quantitative estimate of drug-likeness (QED) is 0.726. The molecule has 0 amide bonds. The number of fused-ring (bicyclic) bond motifs is 1. The first-order chi connectivity index (χ1) is 9.48. The fourth-order valence-electron chi connectivity index (χ4n) is 2.24. The molecule has 0 aromatic heterocycles. The number of hydrogen-bond acceptors (Lipinski definition) is 4. The van der Waals surface area contributed by atoms with Gasteiger partial charge in [-0.15, -0.1) is 0 Å². The van der Waals surface area contributed by atoms with Crippen molar-refractivity contribution in [1.82, 2.24) is 5.32 Å². The molecule has 0 radical (unpaired) electrons. The summed E-state index contributed by atoms with van der Waals surface area (Å²) in [5.74, 6) is -1.17. The molecule has 6 nitrogen and oxygen atoms in total. The number of sulfonamides is 1. The van der Waals surface area contributed by atoms with Crippen LogP contribution in [0.1, 0.15) is 24.0 Å². The SMILES string of the molecule is O=C(O)CCCS(=O)(=O)Nc1cccc2c1CNCC2. The zero-order chi connectivity index (χ0) is 14.6.